The van der Waals surface area contributed by atoms with Crippen LogP contribution in [0.4, 0.5) is 13.2 Å². The minimum absolute atomic E-state index is 0.147. The molecule has 1 N–H and O–H groups in total. The summed E-state index contributed by atoms with van der Waals surface area (Å²) in [6.45, 7) is 12.0. The molecule has 190 valence electrons. The van der Waals surface area contributed by atoms with E-state index < -0.39 is 11.7 Å². The van der Waals surface area contributed by atoms with Crippen LogP contribution in [0.5, 0.6) is 0 Å². The Bertz CT molecular complexity index is 1060. The SMILES string of the molecule is C=O.CC.Cc1ccc(CCNC(=O)c2cnnc(C)c2)c(Cl)c1.Cc1cccc(C(F)(F)F)c1. The Morgan fingerprint density at radius 3 is 2.14 bits per heavy atom. The zero-order valence-corrected chi connectivity index (χ0v) is 21.3. The van der Waals surface area contributed by atoms with Gasteiger partial charge in [0.25, 0.3) is 5.91 Å². The van der Waals surface area contributed by atoms with Gasteiger partial charge in [-0.2, -0.15) is 23.4 Å². The summed E-state index contributed by atoms with van der Waals surface area (Å²) in [6, 6.07) is 12.9. The molecule has 0 saturated heterocycles. The molecule has 3 aromatic rings. The Balaban J connectivity index is 0.000000652. The average Bonchev–Trinajstić information content (AvgIpc) is 2.83. The molecule has 1 aromatic heterocycles. The Labute approximate surface area is 209 Å². The largest absolute Gasteiger partial charge is 0.416 e. The summed E-state index contributed by atoms with van der Waals surface area (Å²) < 4.78 is 35.9. The number of alkyl halides is 3. The van der Waals surface area contributed by atoms with Gasteiger partial charge in [-0.1, -0.05) is 61.3 Å². The fourth-order valence-corrected chi connectivity index (χ4v) is 3.02. The fourth-order valence-electron chi connectivity index (χ4n) is 2.69. The van der Waals surface area contributed by atoms with E-state index in [1.54, 1.807) is 26.0 Å². The summed E-state index contributed by atoms with van der Waals surface area (Å²) in [4.78, 5) is 19.9. The number of aromatic nitrogens is 2. The van der Waals surface area contributed by atoms with Gasteiger partial charge in [0.2, 0.25) is 0 Å². The number of rotatable bonds is 4. The molecule has 2 aromatic carbocycles. The quantitative estimate of drug-likeness (QED) is 0.431. The van der Waals surface area contributed by atoms with Gasteiger partial charge in [0.1, 0.15) is 6.79 Å². The third kappa shape index (κ3) is 12.1. The van der Waals surface area contributed by atoms with Gasteiger partial charge in [0.15, 0.2) is 0 Å². The number of halogens is 4. The number of hydrogen-bond donors (Lipinski definition) is 1. The molecular formula is C26H31ClF3N3O2. The Morgan fingerprint density at radius 1 is 1.00 bits per heavy atom. The molecule has 0 aliphatic rings. The molecule has 0 bridgehead atoms. The topological polar surface area (TPSA) is 72.0 Å². The summed E-state index contributed by atoms with van der Waals surface area (Å²) in [5.74, 6) is -0.147. The van der Waals surface area contributed by atoms with E-state index in [0.29, 0.717) is 24.1 Å². The number of amides is 1. The number of aryl methyl sites for hydroxylation is 3. The smallest absolute Gasteiger partial charge is 0.352 e. The van der Waals surface area contributed by atoms with Crippen LogP contribution in [-0.2, 0) is 17.4 Å². The maximum absolute atomic E-state index is 12.0. The second kappa shape index (κ2) is 16.4. The molecule has 35 heavy (non-hydrogen) atoms. The van der Waals surface area contributed by atoms with Crippen molar-refractivity contribution in [3.8, 4) is 0 Å². The first kappa shape index (κ1) is 31.7. The minimum Gasteiger partial charge on any atom is -0.352 e. The van der Waals surface area contributed by atoms with Crippen LogP contribution in [0.15, 0.2) is 54.7 Å². The highest BCUT2D eigenvalue weighted by Crippen LogP contribution is 2.29. The first-order valence-electron chi connectivity index (χ1n) is 10.8. The number of benzene rings is 2. The molecule has 3 rings (SSSR count). The van der Waals surface area contributed by atoms with E-state index in [0.717, 1.165) is 34.0 Å². The highest BCUT2D eigenvalue weighted by atomic mass is 35.5. The molecule has 0 radical (unpaired) electrons. The number of nitrogens with zero attached hydrogens (tertiary/aromatic N) is 2. The highest BCUT2D eigenvalue weighted by Gasteiger charge is 2.29. The lowest BCUT2D eigenvalue weighted by atomic mass is 10.1. The molecule has 0 fully saturated rings. The summed E-state index contributed by atoms with van der Waals surface area (Å²) >= 11 is 6.15. The number of carbonyl (C=O) groups is 2. The van der Waals surface area contributed by atoms with Gasteiger partial charge in [-0.25, -0.2) is 0 Å². The summed E-state index contributed by atoms with van der Waals surface area (Å²) in [5.41, 5.74) is 3.44. The van der Waals surface area contributed by atoms with E-state index in [-0.39, 0.29) is 5.91 Å². The van der Waals surface area contributed by atoms with Crippen molar-refractivity contribution >= 4 is 24.3 Å². The van der Waals surface area contributed by atoms with Gasteiger partial charge in [-0.15, -0.1) is 0 Å². The third-order valence-corrected chi connectivity index (χ3v) is 4.62. The molecule has 1 amide bonds. The predicted octanol–water partition coefficient (Wildman–Crippen LogP) is 6.57. The molecular weight excluding hydrogens is 479 g/mol. The van der Waals surface area contributed by atoms with Crippen LogP contribution in [0.3, 0.4) is 0 Å². The van der Waals surface area contributed by atoms with E-state index in [1.165, 1.54) is 12.3 Å². The second-order valence-corrected chi connectivity index (χ2v) is 7.46. The van der Waals surface area contributed by atoms with Gasteiger partial charge in [-0.3, -0.25) is 4.79 Å². The standard InChI is InChI=1S/C15H16ClN3O.C8H7F3.C2H6.CH2O/c1-10-3-4-12(14(16)7-10)5-6-17-15(20)13-8-11(2)19-18-9-13;1-6-3-2-4-7(5-6)8(9,10)11;2*1-2/h3-4,7-9H,5-6H2,1-2H3,(H,17,20);2-5H,1H3;1-2H3;1H2. The summed E-state index contributed by atoms with van der Waals surface area (Å²) in [6.07, 6.45) is -2.06. The van der Waals surface area contributed by atoms with E-state index >= 15 is 0 Å². The van der Waals surface area contributed by atoms with Crippen molar-refractivity contribution in [1.82, 2.24) is 15.5 Å². The first-order chi connectivity index (χ1) is 16.6. The Kier molecular flexibility index (Phi) is 14.9. The third-order valence-electron chi connectivity index (χ3n) is 4.27. The van der Waals surface area contributed by atoms with Crippen molar-refractivity contribution in [3.05, 3.63) is 93.3 Å². The van der Waals surface area contributed by atoms with Crippen LogP contribution < -0.4 is 5.32 Å². The maximum atomic E-state index is 12.0. The average molecular weight is 510 g/mol. The lowest BCUT2D eigenvalue weighted by Crippen LogP contribution is -2.26. The van der Waals surface area contributed by atoms with Gasteiger partial charge in [0.05, 0.1) is 23.0 Å². The van der Waals surface area contributed by atoms with Crippen LogP contribution in [0.2, 0.25) is 5.02 Å². The summed E-state index contributed by atoms with van der Waals surface area (Å²) in [7, 11) is 0. The second-order valence-electron chi connectivity index (χ2n) is 7.05. The van der Waals surface area contributed by atoms with Crippen molar-refractivity contribution in [3.63, 3.8) is 0 Å². The van der Waals surface area contributed by atoms with Gasteiger partial charge in [0, 0.05) is 11.6 Å². The monoisotopic (exact) mass is 509 g/mol. The first-order valence-corrected chi connectivity index (χ1v) is 11.2. The molecule has 9 heteroatoms. The molecule has 0 saturated carbocycles. The summed E-state index contributed by atoms with van der Waals surface area (Å²) in [5, 5.41) is 11.2. The maximum Gasteiger partial charge on any atom is 0.416 e. The van der Waals surface area contributed by atoms with Crippen molar-refractivity contribution in [1.29, 1.82) is 0 Å². The van der Waals surface area contributed by atoms with E-state index in [2.05, 4.69) is 15.5 Å². The van der Waals surface area contributed by atoms with Gasteiger partial charge in [-0.05, 0) is 56.5 Å². The zero-order chi connectivity index (χ0) is 27.0. The lowest BCUT2D eigenvalue weighted by Gasteiger charge is -2.07. The Hall–Kier alpha value is -3.26. The molecule has 0 unspecified atom stereocenters. The van der Waals surface area contributed by atoms with E-state index in [9.17, 15) is 18.0 Å². The van der Waals surface area contributed by atoms with E-state index in [1.807, 2.05) is 45.8 Å². The fraction of sp³-hybridized carbons (Fsp3) is 0.308. The van der Waals surface area contributed by atoms with Gasteiger partial charge < -0.3 is 10.1 Å². The van der Waals surface area contributed by atoms with Crippen molar-refractivity contribution < 1.29 is 22.8 Å². The van der Waals surface area contributed by atoms with Crippen LogP contribution >= 0.6 is 11.6 Å². The molecule has 0 aliphatic carbocycles. The van der Waals surface area contributed by atoms with Crippen molar-refractivity contribution in [2.45, 2.75) is 47.2 Å². The predicted molar refractivity (Wildman–Crippen MR) is 134 cm³/mol. The number of nitrogens with one attached hydrogen (secondary N) is 1. The van der Waals surface area contributed by atoms with Crippen molar-refractivity contribution in [2.75, 3.05) is 6.54 Å². The van der Waals surface area contributed by atoms with Crippen LogP contribution in [0.1, 0.15) is 52.2 Å². The Morgan fingerprint density at radius 2 is 1.63 bits per heavy atom. The van der Waals surface area contributed by atoms with Crippen LogP contribution in [0.25, 0.3) is 0 Å². The highest BCUT2D eigenvalue weighted by molar-refractivity contribution is 6.31. The normalized spacial score (nSPS) is 9.86. The molecule has 0 aliphatic heterocycles. The number of hydrogen-bond acceptors (Lipinski definition) is 4. The minimum atomic E-state index is -4.22. The van der Waals surface area contributed by atoms with Crippen molar-refractivity contribution in [2.24, 2.45) is 0 Å². The van der Waals surface area contributed by atoms with Crippen LogP contribution in [0, 0.1) is 20.8 Å². The van der Waals surface area contributed by atoms with Gasteiger partial charge >= 0.3 is 6.18 Å². The molecule has 5 nitrogen and oxygen atoms in total. The molecule has 0 spiro atoms. The lowest BCUT2D eigenvalue weighted by molar-refractivity contribution is -0.137. The van der Waals surface area contributed by atoms with E-state index in [4.69, 9.17) is 16.4 Å². The number of carbonyl (C=O) groups excluding carboxylic acids is 2. The van der Waals surface area contributed by atoms with Crippen LogP contribution in [-0.4, -0.2) is 29.4 Å². The molecule has 0 atom stereocenters. The molecule has 1 heterocycles. The zero-order valence-electron chi connectivity index (χ0n) is 20.5.